The van der Waals surface area contributed by atoms with E-state index in [0.717, 1.165) is 31.6 Å². The van der Waals surface area contributed by atoms with Crippen molar-refractivity contribution >= 4 is 23.2 Å². The Morgan fingerprint density at radius 3 is 2.41 bits per heavy atom. The molecule has 1 fully saturated rings. The van der Waals surface area contributed by atoms with E-state index in [1.165, 1.54) is 6.20 Å². The van der Waals surface area contributed by atoms with E-state index in [4.69, 9.17) is 0 Å². The summed E-state index contributed by atoms with van der Waals surface area (Å²) in [5, 5.41) is 2.83. The summed E-state index contributed by atoms with van der Waals surface area (Å²) in [7, 11) is 3.92. The van der Waals surface area contributed by atoms with Crippen molar-refractivity contribution in [2.75, 3.05) is 37.4 Å². The molecule has 1 aliphatic heterocycles. The fraction of sp³-hybridized carbons (Fsp3) is 0.381. The Bertz CT molecular complexity index is 809. The van der Waals surface area contributed by atoms with Crippen LogP contribution in [0.1, 0.15) is 40.6 Å². The van der Waals surface area contributed by atoms with Crippen molar-refractivity contribution in [3.8, 4) is 0 Å². The van der Waals surface area contributed by atoms with Crippen molar-refractivity contribution in [2.24, 2.45) is 5.92 Å². The first kappa shape index (κ1) is 18.9. The van der Waals surface area contributed by atoms with E-state index in [0.29, 0.717) is 17.2 Å². The summed E-state index contributed by atoms with van der Waals surface area (Å²) in [6.07, 6.45) is 3.56. The second kappa shape index (κ2) is 8.20. The van der Waals surface area contributed by atoms with Gasteiger partial charge in [0.1, 0.15) is 5.69 Å². The van der Waals surface area contributed by atoms with Crippen LogP contribution in [0, 0.1) is 5.92 Å². The van der Waals surface area contributed by atoms with Crippen LogP contribution in [-0.4, -0.2) is 48.9 Å². The second-order valence-corrected chi connectivity index (χ2v) is 7.30. The van der Waals surface area contributed by atoms with Crippen molar-refractivity contribution in [1.82, 2.24) is 9.88 Å². The molecule has 1 saturated heterocycles. The molecule has 6 heteroatoms. The van der Waals surface area contributed by atoms with Gasteiger partial charge in [-0.05, 0) is 55.2 Å². The first-order valence-electron chi connectivity index (χ1n) is 9.28. The van der Waals surface area contributed by atoms with E-state index in [9.17, 15) is 9.59 Å². The number of nitrogens with zero attached hydrogens (tertiary/aromatic N) is 3. The quantitative estimate of drug-likeness (QED) is 0.902. The number of nitrogens with one attached hydrogen (secondary N) is 1. The van der Waals surface area contributed by atoms with Gasteiger partial charge in [-0.15, -0.1) is 0 Å². The SMILES string of the molecule is CC1CCN(C(=O)c2ccnc(C(=O)Nc3ccc(N(C)C)cc3)c2)CC1. The number of carbonyl (C=O) groups is 2. The summed E-state index contributed by atoms with van der Waals surface area (Å²) < 4.78 is 0. The number of piperidine rings is 1. The van der Waals surface area contributed by atoms with Crippen LogP contribution in [0.15, 0.2) is 42.6 Å². The highest BCUT2D eigenvalue weighted by molar-refractivity contribution is 6.04. The van der Waals surface area contributed by atoms with Crippen molar-refractivity contribution in [2.45, 2.75) is 19.8 Å². The topological polar surface area (TPSA) is 65.5 Å². The molecule has 0 saturated carbocycles. The molecule has 1 aromatic heterocycles. The van der Waals surface area contributed by atoms with Crippen molar-refractivity contribution in [3.05, 3.63) is 53.9 Å². The summed E-state index contributed by atoms with van der Waals surface area (Å²) in [6.45, 7) is 3.74. The highest BCUT2D eigenvalue weighted by atomic mass is 16.2. The molecule has 27 heavy (non-hydrogen) atoms. The molecule has 2 amide bonds. The molecule has 0 bridgehead atoms. The monoisotopic (exact) mass is 366 g/mol. The maximum Gasteiger partial charge on any atom is 0.274 e. The molecular weight excluding hydrogens is 340 g/mol. The van der Waals surface area contributed by atoms with Gasteiger partial charge in [0.05, 0.1) is 0 Å². The Kier molecular flexibility index (Phi) is 5.74. The summed E-state index contributed by atoms with van der Waals surface area (Å²) in [5.74, 6) is 0.301. The molecule has 1 aliphatic rings. The van der Waals surface area contributed by atoms with Crippen LogP contribution < -0.4 is 10.2 Å². The number of pyridine rings is 1. The van der Waals surface area contributed by atoms with Crippen molar-refractivity contribution in [1.29, 1.82) is 0 Å². The lowest BCUT2D eigenvalue weighted by Crippen LogP contribution is -2.38. The second-order valence-electron chi connectivity index (χ2n) is 7.30. The minimum atomic E-state index is -0.325. The molecule has 142 valence electrons. The first-order chi connectivity index (χ1) is 12.9. The summed E-state index contributed by atoms with van der Waals surface area (Å²) in [4.78, 5) is 33.2. The number of rotatable bonds is 4. The van der Waals surface area contributed by atoms with Gasteiger partial charge >= 0.3 is 0 Å². The molecule has 0 atom stereocenters. The molecule has 1 aromatic carbocycles. The Labute approximate surface area is 160 Å². The molecule has 0 radical (unpaired) electrons. The highest BCUT2D eigenvalue weighted by Gasteiger charge is 2.22. The number of hydrogen-bond donors (Lipinski definition) is 1. The smallest absolute Gasteiger partial charge is 0.274 e. The fourth-order valence-electron chi connectivity index (χ4n) is 3.12. The molecule has 2 aromatic rings. The summed E-state index contributed by atoms with van der Waals surface area (Å²) in [6, 6.07) is 10.8. The van der Waals surface area contributed by atoms with Gasteiger partial charge in [0.15, 0.2) is 0 Å². The number of hydrogen-bond acceptors (Lipinski definition) is 4. The van der Waals surface area contributed by atoms with Gasteiger partial charge in [0.2, 0.25) is 0 Å². The largest absolute Gasteiger partial charge is 0.378 e. The van der Waals surface area contributed by atoms with Gasteiger partial charge in [-0.1, -0.05) is 6.92 Å². The van der Waals surface area contributed by atoms with Crippen LogP contribution >= 0.6 is 0 Å². The van der Waals surface area contributed by atoms with E-state index < -0.39 is 0 Å². The summed E-state index contributed by atoms with van der Waals surface area (Å²) in [5.41, 5.74) is 2.49. The van der Waals surface area contributed by atoms with Crippen molar-refractivity contribution < 1.29 is 9.59 Å². The third-order valence-corrected chi connectivity index (χ3v) is 4.95. The maximum absolute atomic E-state index is 12.7. The van der Waals surface area contributed by atoms with E-state index >= 15 is 0 Å². The van der Waals surface area contributed by atoms with Gasteiger partial charge in [-0.25, -0.2) is 0 Å². The predicted molar refractivity (Wildman–Crippen MR) is 107 cm³/mol. The molecule has 0 aliphatic carbocycles. The normalized spacial score (nSPS) is 14.7. The lowest BCUT2D eigenvalue weighted by atomic mass is 9.98. The van der Waals surface area contributed by atoms with Crippen LogP contribution in [0.2, 0.25) is 0 Å². The zero-order valence-corrected chi connectivity index (χ0v) is 16.1. The Balaban J connectivity index is 1.69. The number of aromatic nitrogens is 1. The number of carbonyl (C=O) groups excluding carboxylic acids is 2. The van der Waals surface area contributed by atoms with E-state index in [2.05, 4.69) is 17.2 Å². The third-order valence-electron chi connectivity index (χ3n) is 4.95. The van der Waals surface area contributed by atoms with Crippen LogP contribution in [0.3, 0.4) is 0 Å². The molecule has 3 rings (SSSR count). The third kappa shape index (κ3) is 4.64. The van der Waals surface area contributed by atoms with E-state index in [-0.39, 0.29) is 17.5 Å². The molecule has 0 unspecified atom stereocenters. The number of amides is 2. The Morgan fingerprint density at radius 1 is 1.11 bits per heavy atom. The van der Waals surface area contributed by atoms with Crippen LogP contribution in [0.5, 0.6) is 0 Å². The Hall–Kier alpha value is -2.89. The van der Waals surface area contributed by atoms with E-state index in [1.54, 1.807) is 12.1 Å². The van der Waals surface area contributed by atoms with Gasteiger partial charge in [0, 0.05) is 50.3 Å². The lowest BCUT2D eigenvalue weighted by molar-refractivity contribution is 0.0697. The predicted octanol–water partition coefficient (Wildman–Crippen LogP) is 3.27. The van der Waals surface area contributed by atoms with E-state index in [1.807, 2.05) is 48.2 Å². The van der Waals surface area contributed by atoms with Gasteiger partial charge in [0.25, 0.3) is 11.8 Å². The van der Waals surface area contributed by atoms with Gasteiger partial charge in [-0.3, -0.25) is 14.6 Å². The fourth-order valence-corrected chi connectivity index (χ4v) is 3.12. The molecule has 1 N–H and O–H groups in total. The highest BCUT2D eigenvalue weighted by Crippen LogP contribution is 2.19. The number of likely N-dealkylation sites (tertiary alicyclic amines) is 1. The Morgan fingerprint density at radius 2 is 1.78 bits per heavy atom. The van der Waals surface area contributed by atoms with Gasteiger partial charge in [-0.2, -0.15) is 0 Å². The molecule has 2 heterocycles. The van der Waals surface area contributed by atoms with Crippen LogP contribution in [0.4, 0.5) is 11.4 Å². The van der Waals surface area contributed by atoms with Crippen LogP contribution in [0.25, 0.3) is 0 Å². The zero-order valence-electron chi connectivity index (χ0n) is 16.1. The molecule has 6 nitrogen and oxygen atoms in total. The lowest BCUT2D eigenvalue weighted by Gasteiger charge is -2.30. The summed E-state index contributed by atoms with van der Waals surface area (Å²) >= 11 is 0. The minimum absolute atomic E-state index is 0.0336. The average molecular weight is 366 g/mol. The zero-order chi connectivity index (χ0) is 19.4. The average Bonchev–Trinajstić information content (AvgIpc) is 2.68. The maximum atomic E-state index is 12.7. The number of benzene rings is 1. The van der Waals surface area contributed by atoms with Crippen LogP contribution in [-0.2, 0) is 0 Å². The first-order valence-corrected chi connectivity index (χ1v) is 9.28. The number of anilines is 2. The standard InChI is InChI=1S/C21H26N4O2/c1-15-9-12-25(13-10-15)21(27)16-8-11-22-19(14-16)20(26)23-17-4-6-18(7-5-17)24(2)3/h4-8,11,14-15H,9-10,12-13H2,1-3H3,(H,23,26). The molecule has 0 spiro atoms. The minimum Gasteiger partial charge on any atom is -0.378 e. The molecular formula is C21H26N4O2. The van der Waals surface area contributed by atoms with Gasteiger partial charge < -0.3 is 15.1 Å². The van der Waals surface area contributed by atoms with Crippen molar-refractivity contribution in [3.63, 3.8) is 0 Å².